The second-order valence-corrected chi connectivity index (χ2v) is 34.1. The lowest BCUT2D eigenvalue weighted by molar-refractivity contribution is -0.129. The number of sulfonamides is 1. The Labute approximate surface area is 722 Å². The van der Waals surface area contributed by atoms with Gasteiger partial charge >= 0.3 is 5.97 Å². The summed E-state index contributed by atoms with van der Waals surface area (Å²) in [5, 5.41) is 20.3. The molecular formula is C103H98ClF2N5O9S2. The van der Waals surface area contributed by atoms with Crippen LogP contribution < -0.4 is 18.6 Å². The Balaban J connectivity index is 0.000000201. The number of para-hydroxylation sites is 1. The number of carbonyl (C=O) groups excluding carboxylic acids is 1. The fourth-order valence-corrected chi connectivity index (χ4v) is 17.4. The van der Waals surface area contributed by atoms with Crippen molar-refractivity contribution in [1.82, 2.24) is 4.98 Å². The molecule has 19 heteroatoms. The van der Waals surface area contributed by atoms with E-state index in [0.717, 1.165) is 137 Å². The maximum Gasteiger partial charge on any atom is 0.336 e. The summed E-state index contributed by atoms with van der Waals surface area (Å²) in [6, 6.07) is 72.7. The highest BCUT2D eigenvalue weighted by molar-refractivity contribution is 7.93. The lowest BCUT2D eigenvalue weighted by atomic mass is 9.79. The largest absolute Gasteiger partial charge is 0.493 e. The van der Waals surface area contributed by atoms with Gasteiger partial charge in [0.2, 0.25) is 5.13 Å². The van der Waals surface area contributed by atoms with Gasteiger partial charge in [0.05, 0.1) is 72.2 Å². The highest BCUT2D eigenvalue weighted by Gasteiger charge is 2.29. The number of aryl methyl sites for hydroxylation is 1. The maximum absolute atomic E-state index is 15.9. The van der Waals surface area contributed by atoms with E-state index in [0.29, 0.717) is 96.1 Å². The van der Waals surface area contributed by atoms with Crippen LogP contribution in [0.5, 0.6) is 17.2 Å². The molecule has 1 saturated carbocycles. The molecule has 12 aromatic carbocycles. The van der Waals surface area contributed by atoms with Crippen LogP contribution in [0.15, 0.2) is 269 Å². The van der Waals surface area contributed by atoms with Crippen LogP contribution >= 0.6 is 22.9 Å². The first kappa shape index (κ1) is 86.6. The molecule has 15 rings (SSSR count). The van der Waals surface area contributed by atoms with Crippen molar-refractivity contribution < 1.29 is 50.4 Å². The first-order chi connectivity index (χ1) is 59.4. The Morgan fingerprint density at radius 1 is 0.680 bits per heavy atom. The van der Waals surface area contributed by atoms with Crippen molar-refractivity contribution >= 4 is 111 Å². The summed E-state index contributed by atoms with van der Waals surface area (Å²) in [6.45, 7) is 18.2. The number of nitrogens with zero attached hydrogens (tertiary/aromatic N) is 5. The number of hydrogen-bond acceptors (Lipinski definition) is 14. The van der Waals surface area contributed by atoms with Crippen molar-refractivity contribution in [1.29, 1.82) is 0 Å². The number of epoxide rings is 1. The second kappa shape index (κ2) is 41.7. The Morgan fingerprint density at radius 2 is 1.38 bits per heavy atom. The Kier molecular flexibility index (Phi) is 29.6. The van der Waals surface area contributed by atoms with Crippen molar-refractivity contribution in [3.63, 3.8) is 0 Å². The monoisotopic (exact) mass is 1690 g/mol. The van der Waals surface area contributed by atoms with Gasteiger partial charge < -0.3 is 28.4 Å². The molecule has 1 aliphatic heterocycles. The first-order valence-electron chi connectivity index (χ1n) is 41.7. The predicted octanol–water partition coefficient (Wildman–Crippen LogP) is 24.9. The van der Waals surface area contributed by atoms with Crippen molar-refractivity contribution in [2.75, 3.05) is 50.7 Å². The summed E-state index contributed by atoms with van der Waals surface area (Å²) < 4.78 is 94.7. The van der Waals surface area contributed by atoms with Gasteiger partial charge in [0.1, 0.15) is 17.6 Å². The maximum atomic E-state index is 15.9. The number of aromatic nitrogens is 1. The van der Waals surface area contributed by atoms with E-state index in [2.05, 4.69) is 122 Å². The number of thiazole rings is 1. The van der Waals surface area contributed by atoms with Crippen LogP contribution in [0.4, 0.5) is 13.9 Å². The van der Waals surface area contributed by atoms with Crippen molar-refractivity contribution in [2.24, 2.45) is 21.2 Å². The standard InChI is InChI=1S/C56H52F2N2O5.C47H46ClN3O4S2/c1-3-38(2)42-21-24-49(47(32-42)35-59-60-56(41-14-7-6-8-15-41)46-20-19-40-13-9-10-16-43(40)33-46)44-22-25-50-45(34-44)23-27-53(55(50)58)65-54(61)28-18-39-17-26-52(51(57)31-39)63-30-12-5-4-11-29-62-36-48-37-64-48;1-5-27-54-28-8-29-55-44-26-22-35(17-18-37-19-20-39-30-38(21-25-41(39)46(37)48)36-15-11-32(2)12-16-36)34(4)42(44)31-49-51(47-50-43-9-6-7-10-45(43)56-47)57(52,53)40-23-13-33(3)14-24-40/h6-10,13-28,31-35,38,48H,3-5,11-12,29-30,36-37H2,1-2H3;5-7,9-10,13-14,19-26,30-32,36H,1,8,11-12,15-16,27-29H2,2-4H3/b28-18+,59-35+,60-56+;49-31+. The minimum atomic E-state index is -4.16. The summed E-state index contributed by atoms with van der Waals surface area (Å²) >= 11 is 8.26. The van der Waals surface area contributed by atoms with E-state index >= 15 is 4.39 Å². The number of rotatable bonds is 33. The van der Waals surface area contributed by atoms with E-state index in [1.165, 1.54) is 78.6 Å². The number of unbranched alkanes of at least 4 members (excludes halogenated alkanes) is 3. The molecule has 2 fully saturated rings. The number of hydrogen-bond donors (Lipinski definition) is 0. The van der Waals surface area contributed by atoms with Crippen LogP contribution in [-0.4, -0.2) is 89.9 Å². The molecule has 122 heavy (non-hydrogen) atoms. The third kappa shape index (κ3) is 22.3. The number of ether oxygens (including phenoxy) is 6. The fraction of sp³-hybridized carbons (Fsp3) is 0.252. The summed E-state index contributed by atoms with van der Waals surface area (Å²) in [7, 11) is -4.16. The molecule has 1 aromatic heterocycles. The summed E-state index contributed by atoms with van der Waals surface area (Å²) in [5.74, 6) is 6.86. The fourth-order valence-electron chi connectivity index (χ4n) is 14.7. The lowest BCUT2D eigenvalue weighted by Crippen LogP contribution is -2.26. The van der Waals surface area contributed by atoms with E-state index in [1.807, 2.05) is 111 Å². The summed E-state index contributed by atoms with van der Waals surface area (Å²) in [4.78, 5) is 17.6. The van der Waals surface area contributed by atoms with Gasteiger partial charge in [-0.15, -0.1) is 16.1 Å². The van der Waals surface area contributed by atoms with E-state index < -0.39 is 27.6 Å². The number of fused-ring (bicyclic) bond motifs is 4. The van der Waals surface area contributed by atoms with Gasteiger partial charge in [0, 0.05) is 63.3 Å². The predicted molar refractivity (Wildman–Crippen MR) is 493 cm³/mol. The van der Waals surface area contributed by atoms with Crippen LogP contribution in [0.2, 0.25) is 5.02 Å². The minimum absolute atomic E-state index is 0.101. The summed E-state index contributed by atoms with van der Waals surface area (Å²) in [6.07, 6.45) is 18.2. The van der Waals surface area contributed by atoms with E-state index in [4.69, 9.17) is 50.2 Å². The Morgan fingerprint density at radius 3 is 2.16 bits per heavy atom. The van der Waals surface area contributed by atoms with Gasteiger partial charge in [0.15, 0.2) is 23.1 Å². The van der Waals surface area contributed by atoms with Crippen LogP contribution in [-0.2, 0) is 29.0 Å². The number of hydrazone groups is 1. The summed E-state index contributed by atoms with van der Waals surface area (Å²) in [5.41, 5.74) is 12.7. The van der Waals surface area contributed by atoms with Crippen molar-refractivity contribution in [2.45, 2.75) is 122 Å². The van der Waals surface area contributed by atoms with Crippen LogP contribution in [0.25, 0.3) is 59.7 Å². The van der Waals surface area contributed by atoms with Crippen LogP contribution in [0.3, 0.4) is 0 Å². The Hall–Kier alpha value is -11.8. The molecule has 2 unspecified atom stereocenters. The average Bonchev–Trinajstić information content (AvgIpc) is 0.886. The molecule has 622 valence electrons. The number of carbonyl (C=O) groups is 1. The molecule has 0 bridgehead atoms. The SMILES string of the molecule is C=CCOCCCOc1ccc(C#Cc2ccc3cc(C4CCC(C)CC4)ccc3c2Cl)c(C)c1/C=N/N(c1nc2ccccc2s1)S(=O)(=O)c1ccc(C)cc1.CCC(C)c1ccc(-c2ccc3c(F)c(OC(=O)/C=C/c4ccc(OCCCCCCOCC5CO5)c(F)c4)ccc3c2)c(/C=N/N=C(\c2ccccc2)c2ccc3ccccc3c2)c1. The molecule has 1 aliphatic carbocycles. The molecule has 0 spiro atoms. The van der Waals surface area contributed by atoms with E-state index in [9.17, 15) is 17.6 Å². The van der Waals surface area contributed by atoms with Gasteiger partial charge in [-0.3, -0.25) is 0 Å². The molecule has 2 heterocycles. The third-order valence-corrected chi connectivity index (χ3v) is 25.2. The van der Waals surface area contributed by atoms with Gasteiger partial charge in [0.25, 0.3) is 10.0 Å². The second-order valence-electron chi connectivity index (χ2n) is 30.9. The molecule has 13 aromatic rings. The topological polar surface area (TPSA) is 163 Å². The number of anilines is 1. The van der Waals surface area contributed by atoms with Crippen molar-refractivity contribution in [3.05, 3.63) is 327 Å². The lowest BCUT2D eigenvalue weighted by Gasteiger charge is -2.26. The van der Waals surface area contributed by atoms with Gasteiger partial charge in [-0.2, -0.15) is 18.6 Å². The zero-order valence-electron chi connectivity index (χ0n) is 69.2. The van der Waals surface area contributed by atoms with Gasteiger partial charge in [-0.25, -0.2) is 18.6 Å². The zero-order valence-corrected chi connectivity index (χ0v) is 71.6. The first-order valence-corrected chi connectivity index (χ1v) is 44.3. The molecule has 2 atom stereocenters. The quantitative estimate of drug-likeness (QED) is 0.00445. The van der Waals surface area contributed by atoms with Crippen molar-refractivity contribution in [3.8, 4) is 40.2 Å². The highest BCUT2D eigenvalue weighted by atomic mass is 35.5. The van der Waals surface area contributed by atoms with Crippen LogP contribution in [0.1, 0.15) is 158 Å². The van der Waals surface area contributed by atoms with E-state index in [1.54, 1.807) is 54.8 Å². The molecule has 0 radical (unpaired) electrons. The molecule has 2 aliphatic rings. The van der Waals surface area contributed by atoms with Gasteiger partial charge in [-0.1, -0.05) is 238 Å². The molecule has 0 amide bonds. The molecular weight excluding hydrogens is 1590 g/mol. The third-order valence-electron chi connectivity index (χ3n) is 22.1. The highest BCUT2D eigenvalue weighted by Crippen LogP contribution is 2.40. The van der Waals surface area contributed by atoms with Crippen LogP contribution in [0, 0.1) is 43.2 Å². The molecule has 1 saturated heterocycles. The number of benzene rings is 12. The smallest absolute Gasteiger partial charge is 0.336 e. The Bertz CT molecular complexity index is 6180. The van der Waals surface area contributed by atoms with E-state index in [-0.39, 0.29) is 27.6 Å². The zero-order chi connectivity index (χ0) is 84.9. The number of esters is 1. The minimum Gasteiger partial charge on any atom is -0.493 e. The number of halogens is 3. The van der Waals surface area contributed by atoms with Gasteiger partial charge in [-0.05, 0) is 210 Å². The normalized spacial score (nSPS) is 15.0. The molecule has 0 N–H and O–H groups in total. The average molecular weight is 1690 g/mol. The molecule has 14 nitrogen and oxygen atoms in total.